The van der Waals surface area contributed by atoms with Gasteiger partial charge in [-0.1, -0.05) is 0 Å². The van der Waals surface area contributed by atoms with E-state index in [1.165, 1.54) is 0 Å². The van der Waals surface area contributed by atoms with Gasteiger partial charge in [-0.05, 0) is 62.3 Å². The molecule has 0 rings (SSSR count). The topological polar surface area (TPSA) is 83.1 Å². The largest absolute Gasteiger partial charge is 0.495 e. The van der Waals surface area contributed by atoms with Gasteiger partial charge in [0.25, 0.3) is 8.80 Å². The van der Waals surface area contributed by atoms with Crippen LogP contribution in [0.5, 0.6) is 0 Å². The molecule has 0 N–H and O–H groups in total. The van der Waals surface area contributed by atoms with Crippen molar-refractivity contribution in [1.82, 2.24) is 0 Å². The van der Waals surface area contributed by atoms with Gasteiger partial charge in [0.15, 0.2) is 16.1 Å². The van der Waals surface area contributed by atoms with Gasteiger partial charge >= 0.3 is 17.8 Å². The van der Waals surface area contributed by atoms with Crippen LogP contribution in [0, 0.1) is 0 Å². The van der Waals surface area contributed by atoms with E-state index in [0.717, 1.165) is 0 Å². The van der Waals surface area contributed by atoms with Crippen molar-refractivity contribution in [3.63, 3.8) is 0 Å². The van der Waals surface area contributed by atoms with Gasteiger partial charge < -0.3 is 42.6 Å². The third-order valence-electron chi connectivity index (χ3n) is 3.94. The molecule has 0 unspecified atom stereocenters. The van der Waals surface area contributed by atoms with E-state index in [2.05, 4.69) is 0 Å². The van der Waals surface area contributed by atoms with Gasteiger partial charge in [-0.15, -0.1) is 0 Å². The highest BCUT2D eigenvalue weighted by atomic mass is 28.3. The Hall–Kier alpha value is -2.36. The Kier molecular flexibility index (Phi) is 18.7. The maximum atomic E-state index is 6.18. The molecule has 0 spiro atoms. The molecule has 0 aromatic heterocycles. The molecule has 34 heavy (non-hydrogen) atoms. The molecule has 200 valence electrons. The smallest absolute Gasteiger partial charge is 0.314 e. The number of ether oxygens (including phenoxy) is 9. The zero-order valence-corrected chi connectivity index (χ0v) is 23.8. The molecule has 10 heteroatoms. The molecule has 0 saturated heterocycles. The first kappa shape index (κ1) is 31.6. The summed E-state index contributed by atoms with van der Waals surface area (Å²) in [7, 11) is -2.77. The van der Waals surface area contributed by atoms with E-state index in [1.807, 2.05) is 62.3 Å². The van der Waals surface area contributed by atoms with Crippen LogP contribution in [0.1, 0.15) is 62.3 Å². The molecule has 0 heterocycles. The second-order valence-electron chi connectivity index (χ2n) is 6.29. The lowest BCUT2D eigenvalue weighted by Crippen LogP contribution is -2.34. The SMILES string of the molecule is CCOC(OCC)=C(OCC)[SiH](C(OCC)=C(OCC)OCC)C(OCC)=C(OCC)OCC. The van der Waals surface area contributed by atoms with Crippen molar-refractivity contribution in [2.45, 2.75) is 62.3 Å². The van der Waals surface area contributed by atoms with Crippen LogP contribution in [0.3, 0.4) is 0 Å². The predicted molar refractivity (Wildman–Crippen MR) is 133 cm³/mol. The molecular weight excluding hydrogens is 460 g/mol. The second kappa shape index (κ2) is 20.0. The van der Waals surface area contributed by atoms with E-state index < -0.39 is 8.80 Å². The molecule has 0 amide bonds. The number of rotatable bonds is 21. The van der Waals surface area contributed by atoms with E-state index in [1.54, 1.807) is 0 Å². The summed E-state index contributed by atoms with van der Waals surface area (Å²) in [5.74, 6) is 0.827. The average Bonchev–Trinajstić information content (AvgIpc) is 2.82. The zero-order valence-electron chi connectivity index (χ0n) is 22.6. The van der Waals surface area contributed by atoms with Gasteiger partial charge in [0.2, 0.25) is 0 Å². The van der Waals surface area contributed by atoms with E-state index in [0.29, 0.717) is 75.6 Å². The maximum absolute atomic E-state index is 6.18. The molecule has 0 aromatic carbocycles. The monoisotopic (exact) mass is 506 g/mol. The van der Waals surface area contributed by atoms with Gasteiger partial charge in [0.05, 0.1) is 59.5 Å². The van der Waals surface area contributed by atoms with E-state index in [9.17, 15) is 0 Å². The normalized spacial score (nSPS) is 10.1. The van der Waals surface area contributed by atoms with Crippen LogP contribution < -0.4 is 0 Å². The molecule has 0 bridgehead atoms. The Bertz CT molecular complexity index is 522. The fraction of sp³-hybridized carbons (Fsp3) is 0.750. The summed E-state index contributed by atoms with van der Waals surface area (Å²) in [6, 6.07) is 0. The molecular formula is C24H46O9Si. The summed E-state index contributed by atoms with van der Waals surface area (Å²) < 4.78 is 53.8. The van der Waals surface area contributed by atoms with Crippen LogP contribution in [0.2, 0.25) is 0 Å². The lowest BCUT2D eigenvalue weighted by atomic mass is 10.7. The molecule has 0 atom stereocenters. The first-order valence-corrected chi connectivity index (χ1v) is 14.1. The van der Waals surface area contributed by atoms with Crippen molar-refractivity contribution in [1.29, 1.82) is 0 Å². The van der Waals surface area contributed by atoms with Crippen LogP contribution in [0.15, 0.2) is 34.0 Å². The summed E-state index contributed by atoms with van der Waals surface area (Å²) in [5, 5.41) is 1.44. The third kappa shape index (κ3) is 10.3. The summed E-state index contributed by atoms with van der Waals surface area (Å²) in [6.45, 7) is 20.5. The number of hydrogen-bond acceptors (Lipinski definition) is 9. The van der Waals surface area contributed by atoms with Crippen molar-refractivity contribution < 1.29 is 42.6 Å². The van der Waals surface area contributed by atoms with Crippen LogP contribution in [0.4, 0.5) is 0 Å². The molecule has 0 aliphatic carbocycles. The van der Waals surface area contributed by atoms with E-state index in [-0.39, 0.29) is 17.8 Å². The quantitative estimate of drug-likeness (QED) is 0.163. The van der Waals surface area contributed by atoms with Crippen LogP contribution in [-0.4, -0.2) is 68.3 Å². The van der Waals surface area contributed by atoms with Crippen molar-refractivity contribution >= 4 is 8.80 Å². The highest BCUT2D eigenvalue weighted by Crippen LogP contribution is 2.31. The van der Waals surface area contributed by atoms with Crippen molar-refractivity contribution in [2.75, 3.05) is 59.5 Å². The average molecular weight is 507 g/mol. The summed E-state index contributed by atoms with van der Waals surface area (Å²) in [6.07, 6.45) is 0. The van der Waals surface area contributed by atoms with Crippen LogP contribution in [-0.2, 0) is 42.6 Å². The van der Waals surface area contributed by atoms with Crippen LogP contribution >= 0.6 is 0 Å². The number of hydrogen-bond donors (Lipinski definition) is 0. The highest BCUT2D eigenvalue weighted by molar-refractivity contribution is 6.79. The molecule has 0 aliphatic heterocycles. The van der Waals surface area contributed by atoms with Gasteiger partial charge in [-0.2, -0.15) is 0 Å². The minimum atomic E-state index is -2.77. The fourth-order valence-electron chi connectivity index (χ4n) is 2.94. The molecule has 0 aromatic rings. The van der Waals surface area contributed by atoms with Gasteiger partial charge in [0, 0.05) is 0 Å². The molecule has 9 nitrogen and oxygen atoms in total. The van der Waals surface area contributed by atoms with Crippen molar-refractivity contribution in [2.24, 2.45) is 0 Å². The van der Waals surface area contributed by atoms with Gasteiger partial charge in [-0.25, -0.2) is 0 Å². The second-order valence-corrected chi connectivity index (χ2v) is 8.72. The van der Waals surface area contributed by atoms with Crippen LogP contribution in [0.25, 0.3) is 0 Å². The Morgan fingerprint density at radius 3 is 0.647 bits per heavy atom. The Morgan fingerprint density at radius 1 is 0.324 bits per heavy atom. The fourth-order valence-corrected chi connectivity index (χ4v) is 5.86. The summed E-state index contributed by atoms with van der Waals surface area (Å²) >= 11 is 0. The van der Waals surface area contributed by atoms with E-state index in [4.69, 9.17) is 42.6 Å². The predicted octanol–water partition coefficient (Wildman–Crippen LogP) is 4.67. The summed E-state index contributed by atoms with van der Waals surface area (Å²) in [4.78, 5) is 0. The molecule has 0 fully saturated rings. The first-order chi connectivity index (χ1) is 16.5. The highest BCUT2D eigenvalue weighted by Gasteiger charge is 2.42. The van der Waals surface area contributed by atoms with E-state index >= 15 is 0 Å². The van der Waals surface area contributed by atoms with Crippen molar-refractivity contribution in [3.8, 4) is 0 Å². The summed E-state index contributed by atoms with van der Waals surface area (Å²) in [5.41, 5.74) is 0. The third-order valence-corrected chi connectivity index (χ3v) is 6.72. The van der Waals surface area contributed by atoms with Crippen molar-refractivity contribution in [3.05, 3.63) is 34.0 Å². The standard InChI is InChI=1S/C24H46O9Si/c1-10-25-19(26-11-2)22(31-16-7)34(23(32-17-8)20(27-12-3)28-13-4)24(33-18-9)21(29-14-5)30-15-6/h34H,10-18H2,1-9H3. The Balaban J connectivity index is 7.57. The lowest BCUT2D eigenvalue weighted by molar-refractivity contribution is 0.0200. The van der Waals surface area contributed by atoms with Gasteiger partial charge in [0.1, 0.15) is 0 Å². The zero-order chi connectivity index (χ0) is 25.8. The first-order valence-electron chi connectivity index (χ1n) is 12.4. The minimum Gasteiger partial charge on any atom is -0.495 e. The minimum absolute atomic E-state index is 0.276. The Morgan fingerprint density at radius 2 is 0.500 bits per heavy atom. The Labute approximate surface area is 207 Å². The maximum Gasteiger partial charge on any atom is 0.314 e. The lowest BCUT2D eigenvalue weighted by Gasteiger charge is -2.27. The molecule has 0 saturated carbocycles. The van der Waals surface area contributed by atoms with Gasteiger partial charge in [-0.3, -0.25) is 0 Å². The molecule has 0 radical (unpaired) electrons. The molecule has 0 aliphatic rings.